The molecule has 9 nitrogen and oxygen atoms in total. The average Bonchev–Trinajstić information content (AvgIpc) is 2.81. The van der Waals surface area contributed by atoms with Gasteiger partial charge in [-0.2, -0.15) is 0 Å². The van der Waals surface area contributed by atoms with Crippen molar-refractivity contribution in [2.45, 2.75) is 52.3 Å². The van der Waals surface area contributed by atoms with Gasteiger partial charge in [0.25, 0.3) is 0 Å². The van der Waals surface area contributed by atoms with Crippen molar-refractivity contribution in [1.29, 1.82) is 0 Å². The predicted molar refractivity (Wildman–Crippen MR) is 133 cm³/mol. The number of rotatable bonds is 16. The molecule has 1 aromatic carbocycles. The van der Waals surface area contributed by atoms with Crippen molar-refractivity contribution >= 4 is 24.3 Å². The van der Waals surface area contributed by atoms with E-state index in [0.29, 0.717) is 38.4 Å². The molecule has 0 aliphatic rings. The fourth-order valence-electron chi connectivity index (χ4n) is 3.55. The minimum atomic E-state index is -1.01. The Morgan fingerprint density at radius 1 is 1.21 bits per heavy atom. The Labute approximate surface area is 202 Å². The van der Waals surface area contributed by atoms with Gasteiger partial charge in [-0.05, 0) is 25.8 Å². The van der Waals surface area contributed by atoms with E-state index in [-0.39, 0.29) is 17.7 Å². The number of hydrogen-bond acceptors (Lipinski definition) is 6. The van der Waals surface area contributed by atoms with Crippen LogP contribution in [0.5, 0.6) is 5.75 Å². The minimum Gasteiger partial charge on any atom is -0.492 e. The number of carbonyl (C=O) groups is 3. The Morgan fingerprint density at radius 2 is 1.91 bits per heavy atom. The van der Waals surface area contributed by atoms with Crippen LogP contribution >= 0.6 is 0 Å². The Balaban J connectivity index is 2.80. The molecule has 4 N–H and O–H groups in total. The molecule has 1 aromatic rings. The molecule has 34 heavy (non-hydrogen) atoms. The molecule has 0 saturated carbocycles. The van der Waals surface area contributed by atoms with E-state index < -0.39 is 18.2 Å². The van der Waals surface area contributed by atoms with Gasteiger partial charge < -0.3 is 30.7 Å². The number of aliphatic hydroxyl groups excluding tert-OH is 1. The van der Waals surface area contributed by atoms with Gasteiger partial charge in [-0.25, -0.2) is 0 Å². The maximum atomic E-state index is 13.3. The summed E-state index contributed by atoms with van der Waals surface area (Å²) in [6.45, 7) is 8.86. The van der Waals surface area contributed by atoms with Crippen LogP contribution in [0.3, 0.4) is 0 Å². The quantitative estimate of drug-likeness (QED) is 0.210. The number of nitrogens with zero attached hydrogens (tertiary/aromatic N) is 1. The minimum absolute atomic E-state index is 0.0133. The first-order chi connectivity index (χ1) is 16.3. The van der Waals surface area contributed by atoms with E-state index in [4.69, 9.17) is 4.74 Å². The molecule has 0 spiro atoms. The second-order valence-corrected chi connectivity index (χ2v) is 8.16. The van der Waals surface area contributed by atoms with Crippen molar-refractivity contribution in [3.8, 4) is 5.75 Å². The molecule has 3 amide bonds. The summed E-state index contributed by atoms with van der Waals surface area (Å²) in [5.74, 6) is 0.0741. The van der Waals surface area contributed by atoms with Gasteiger partial charge >= 0.3 is 0 Å². The summed E-state index contributed by atoms with van der Waals surface area (Å²) in [6, 6.07) is 6.05. The van der Waals surface area contributed by atoms with Gasteiger partial charge in [-0.15, -0.1) is 0 Å². The van der Waals surface area contributed by atoms with E-state index in [2.05, 4.69) is 16.0 Å². The van der Waals surface area contributed by atoms with Gasteiger partial charge in [0.2, 0.25) is 18.2 Å². The van der Waals surface area contributed by atoms with Crippen LogP contribution in [-0.4, -0.2) is 79.7 Å². The van der Waals surface area contributed by atoms with Gasteiger partial charge in [-0.1, -0.05) is 50.6 Å². The summed E-state index contributed by atoms with van der Waals surface area (Å²) in [4.78, 5) is 37.4. The lowest BCUT2D eigenvalue weighted by Crippen LogP contribution is -2.58. The fourth-order valence-corrected chi connectivity index (χ4v) is 3.55. The molecule has 9 heteroatoms. The summed E-state index contributed by atoms with van der Waals surface area (Å²) < 4.78 is 5.92. The first-order valence-corrected chi connectivity index (χ1v) is 11.8. The van der Waals surface area contributed by atoms with Crippen molar-refractivity contribution in [3.63, 3.8) is 0 Å². The van der Waals surface area contributed by atoms with E-state index in [9.17, 15) is 19.5 Å². The first kappa shape index (κ1) is 29.1. The second kappa shape index (κ2) is 15.8. The molecule has 1 rings (SSSR count). The molecule has 190 valence electrons. The molecule has 0 fully saturated rings. The summed E-state index contributed by atoms with van der Waals surface area (Å²) in [5.41, 5.74) is 0.881. The number of hydrogen-bond donors (Lipinski definition) is 4. The Hall–Kier alpha value is -2.91. The van der Waals surface area contributed by atoms with E-state index in [1.165, 1.54) is 11.8 Å². The van der Waals surface area contributed by atoms with Crippen LogP contribution in [0.25, 0.3) is 6.08 Å². The summed E-state index contributed by atoms with van der Waals surface area (Å²) in [5, 5.41) is 18.7. The lowest BCUT2D eigenvalue weighted by molar-refractivity contribution is -0.145. The lowest BCUT2D eigenvalue weighted by atomic mass is 9.96. The highest BCUT2D eigenvalue weighted by molar-refractivity contribution is 5.90. The number of amides is 3. The van der Waals surface area contributed by atoms with Gasteiger partial charge in [0.05, 0.1) is 12.1 Å². The number of ether oxygens (including phenoxy) is 1. The van der Waals surface area contributed by atoms with E-state index in [0.717, 1.165) is 12.0 Å². The van der Waals surface area contributed by atoms with Crippen molar-refractivity contribution in [2.75, 3.05) is 33.3 Å². The van der Waals surface area contributed by atoms with Crippen molar-refractivity contribution in [1.82, 2.24) is 20.9 Å². The van der Waals surface area contributed by atoms with Crippen molar-refractivity contribution in [2.24, 2.45) is 5.92 Å². The number of benzene rings is 1. The highest BCUT2D eigenvalue weighted by atomic mass is 16.5. The third kappa shape index (κ3) is 9.15. The second-order valence-electron chi connectivity index (χ2n) is 8.16. The van der Waals surface area contributed by atoms with Crippen molar-refractivity contribution in [3.05, 3.63) is 35.9 Å². The topological polar surface area (TPSA) is 120 Å². The molecule has 0 aliphatic carbocycles. The van der Waals surface area contributed by atoms with Crippen LogP contribution in [0.1, 0.15) is 39.7 Å². The number of aliphatic hydroxyl groups is 1. The number of nitrogens with one attached hydrogen (secondary N) is 3. The summed E-state index contributed by atoms with van der Waals surface area (Å²) in [6.07, 6.45) is 4.10. The lowest BCUT2D eigenvalue weighted by Gasteiger charge is -2.34. The SMILES string of the molecule is CCNC(=O)C(C(C)O)N(C)C(=O)C(NCCOc1ccccc1/C=C/CNC=O)C(C)CC. The summed E-state index contributed by atoms with van der Waals surface area (Å²) in [7, 11) is 1.55. The molecule has 0 aromatic heterocycles. The normalized spacial score (nSPS) is 14.6. The molecular formula is C25H40N4O5. The van der Waals surface area contributed by atoms with Crippen LogP contribution in [0.15, 0.2) is 30.3 Å². The van der Waals surface area contributed by atoms with Crippen LogP contribution < -0.4 is 20.7 Å². The Morgan fingerprint density at radius 3 is 2.53 bits per heavy atom. The highest BCUT2D eigenvalue weighted by Gasteiger charge is 2.35. The molecule has 0 heterocycles. The number of likely N-dealkylation sites (N-methyl/N-ethyl adjacent to an activating group) is 2. The molecule has 4 atom stereocenters. The highest BCUT2D eigenvalue weighted by Crippen LogP contribution is 2.19. The largest absolute Gasteiger partial charge is 0.492 e. The van der Waals surface area contributed by atoms with E-state index in [1.54, 1.807) is 14.0 Å². The first-order valence-electron chi connectivity index (χ1n) is 11.8. The summed E-state index contributed by atoms with van der Waals surface area (Å²) >= 11 is 0. The molecule has 4 unspecified atom stereocenters. The van der Waals surface area contributed by atoms with Gasteiger partial charge in [0.1, 0.15) is 18.4 Å². The molecule has 0 radical (unpaired) electrons. The molecular weight excluding hydrogens is 436 g/mol. The Kier molecular flexibility index (Phi) is 13.6. The van der Waals surface area contributed by atoms with E-state index in [1.807, 2.05) is 50.3 Å². The fraction of sp³-hybridized carbons (Fsp3) is 0.560. The van der Waals surface area contributed by atoms with Crippen LogP contribution in [0.4, 0.5) is 0 Å². The molecule has 0 saturated heterocycles. The van der Waals surface area contributed by atoms with Crippen LogP contribution in [0, 0.1) is 5.92 Å². The zero-order valence-electron chi connectivity index (χ0n) is 20.9. The predicted octanol–water partition coefficient (Wildman–Crippen LogP) is 1.17. The monoisotopic (exact) mass is 476 g/mol. The van der Waals surface area contributed by atoms with Crippen LogP contribution in [-0.2, 0) is 14.4 Å². The average molecular weight is 477 g/mol. The standard InChI is InChI=1S/C25H40N4O5/c1-6-18(3)22(25(33)29(5)23(19(4)31)24(32)27-7-2)28-15-16-34-21-13-9-8-11-20(21)12-10-14-26-17-30/h8-13,17-19,22-23,28,31H,6-7,14-16H2,1-5H3,(H,26,30)(H,27,32)/b12-10+. The molecule has 0 aliphatic heterocycles. The van der Waals surface area contributed by atoms with Gasteiger partial charge in [0, 0.05) is 32.2 Å². The zero-order chi connectivity index (χ0) is 25.5. The van der Waals surface area contributed by atoms with E-state index >= 15 is 0 Å². The maximum absolute atomic E-state index is 13.3. The number of carbonyl (C=O) groups excluding carboxylic acids is 3. The number of para-hydroxylation sites is 1. The third-order valence-electron chi connectivity index (χ3n) is 5.58. The molecule has 0 bridgehead atoms. The van der Waals surface area contributed by atoms with Gasteiger partial charge in [0.15, 0.2) is 0 Å². The zero-order valence-corrected chi connectivity index (χ0v) is 20.9. The maximum Gasteiger partial charge on any atom is 0.245 e. The smallest absolute Gasteiger partial charge is 0.245 e. The third-order valence-corrected chi connectivity index (χ3v) is 5.58. The van der Waals surface area contributed by atoms with Crippen LogP contribution in [0.2, 0.25) is 0 Å². The van der Waals surface area contributed by atoms with Gasteiger partial charge in [-0.3, -0.25) is 14.4 Å². The Bertz CT molecular complexity index is 799. The van der Waals surface area contributed by atoms with Crippen molar-refractivity contribution < 1.29 is 24.2 Å².